The molecule has 0 amide bonds. The summed E-state index contributed by atoms with van der Waals surface area (Å²) in [5.41, 5.74) is 2.88. The first-order chi connectivity index (χ1) is 6.95. The average molecular weight is 209 g/mol. The highest BCUT2D eigenvalue weighted by molar-refractivity contribution is 8.13. The normalized spacial score (nSPS) is 17.0. The number of nitrogens with one attached hydrogen (secondary N) is 1. The Hall–Kier alpha value is -1.23. The van der Waals surface area contributed by atoms with Gasteiger partial charge in [0.05, 0.1) is 12.5 Å². The SMILES string of the molecule is C(=N\NC1=NCCCS1)/c1ccco1. The summed E-state index contributed by atoms with van der Waals surface area (Å²) in [4.78, 5) is 4.27. The first kappa shape index (κ1) is 9.33. The van der Waals surface area contributed by atoms with Gasteiger partial charge in [0, 0.05) is 12.3 Å². The molecule has 0 saturated heterocycles. The Bertz CT molecular complexity index is 332. The molecule has 2 heterocycles. The second-order valence-electron chi connectivity index (χ2n) is 2.77. The molecule has 14 heavy (non-hydrogen) atoms. The van der Waals surface area contributed by atoms with Crippen molar-refractivity contribution in [2.75, 3.05) is 12.3 Å². The Morgan fingerprint density at radius 3 is 3.36 bits per heavy atom. The third kappa shape index (κ3) is 2.63. The number of aliphatic imine (C=N–C) groups is 1. The molecule has 0 bridgehead atoms. The molecule has 0 unspecified atom stereocenters. The van der Waals surface area contributed by atoms with E-state index >= 15 is 0 Å². The fraction of sp³-hybridized carbons (Fsp3) is 0.333. The van der Waals surface area contributed by atoms with Crippen LogP contribution in [0.1, 0.15) is 12.2 Å². The van der Waals surface area contributed by atoms with E-state index in [-0.39, 0.29) is 0 Å². The molecule has 0 aliphatic carbocycles. The molecule has 1 aromatic heterocycles. The lowest BCUT2D eigenvalue weighted by atomic mass is 10.5. The lowest BCUT2D eigenvalue weighted by molar-refractivity contribution is 0.560. The van der Waals surface area contributed by atoms with Crippen LogP contribution in [-0.4, -0.2) is 23.7 Å². The minimum atomic E-state index is 0.735. The molecule has 0 aromatic carbocycles. The van der Waals surface area contributed by atoms with E-state index in [1.807, 2.05) is 12.1 Å². The minimum absolute atomic E-state index is 0.735. The second-order valence-corrected chi connectivity index (χ2v) is 3.86. The zero-order valence-electron chi connectivity index (χ0n) is 7.64. The number of hydrazone groups is 1. The van der Waals surface area contributed by atoms with E-state index in [4.69, 9.17) is 4.42 Å². The third-order valence-electron chi connectivity index (χ3n) is 1.69. The Balaban J connectivity index is 1.84. The van der Waals surface area contributed by atoms with E-state index in [0.29, 0.717) is 0 Å². The molecule has 1 aliphatic heterocycles. The highest BCUT2D eigenvalue weighted by Crippen LogP contribution is 2.09. The highest BCUT2D eigenvalue weighted by atomic mass is 32.2. The third-order valence-corrected chi connectivity index (χ3v) is 2.68. The zero-order chi connectivity index (χ0) is 9.64. The van der Waals surface area contributed by atoms with Gasteiger partial charge in [0.1, 0.15) is 5.76 Å². The first-order valence-corrected chi connectivity index (χ1v) is 5.43. The van der Waals surface area contributed by atoms with Crippen molar-refractivity contribution in [1.29, 1.82) is 0 Å². The van der Waals surface area contributed by atoms with Crippen LogP contribution in [0.5, 0.6) is 0 Å². The van der Waals surface area contributed by atoms with Crippen LogP contribution >= 0.6 is 11.8 Å². The number of nitrogens with zero attached hydrogens (tertiary/aromatic N) is 2. The molecule has 0 radical (unpaired) electrons. The molecule has 0 atom stereocenters. The fourth-order valence-electron chi connectivity index (χ4n) is 1.04. The van der Waals surface area contributed by atoms with Gasteiger partial charge < -0.3 is 4.42 Å². The largest absolute Gasteiger partial charge is 0.463 e. The number of rotatable bonds is 2. The van der Waals surface area contributed by atoms with Crippen molar-refractivity contribution in [2.24, 2.45) is 10.1 Å². The molecule has 74 valence electrons. The van der Waals surface area contributed by atoms with Gasteiger partial charge in [-0.2, -0.15) is 5.10 Å². The summed E-state index contributed by atoms with van der Waals surface area (Å²) in [6.07, 6.45) is 4.41. The van der Waals surface area contributed by atoms with Gasteiger partial charge in [-0.1, -0.05) is 11.8 Å². The van der Waals surface area contributed by atoms with Gasteiger partial charge in [-0.15, -0.1) is 0 Å². The van der Waals surface area contributed by atoms with Crippen LogP contribution < -0.4 is 5.43 Å². The number of amidine groups is 1. The molecule has 0 fully saturated rings. The van der Waals surface area contributed by atoms with Gasteiger partial charge in [0.2, 0.25) is 0 Å². The van der Waals surface area contributed by atoms with Crippen LogP contribution in [0.25, 0.3) is 0 Å². The number of thioether (sulfide) groups is 1. The number of hydrogen-bond acceptors (Lipinski definition) is 5. The maximum absolute atomic E-state index is 5.09. The molecule has 5 heteroatoms. The predicted molar refractivity (Wildman–Crippen MR) is 58.8 cm³/mol. The van der Waals surface area contributed by atoms with Crippen LogP contribution in [0.15, 0.2) is 32.9 Å². The molecule has 1 N–H and O–H groups in total. The molecule has 1 aliphatic rings. The standard InChI is InChI=1S/C9H11N3OS/c1-3-8(13-5-1)7-11-12-9-10-4-2-6-14-9/h1,3,5,7H,2,4,6H2,(H,10,12)/b11-7+. The summed E-state index contributed by atoms with van der Waals surface area (Å²) < 4.78 is 5.09. The van der Waals surface area contributed by atoms with Gasteiger partial charge in [0.15, 0.2) is 5.17 Å². The molecule has 0 saturated carbocycles. The van der Waals surface area contributed by atoms with Crippen LogP contribution in [-0.2, 0) is 0 Å². The quantitative estimate of drug-likeness (QED) is 0.595. The summed E-state index contributed by atoms with van der Waals surface area (Å²) >= 11 is 1.69. The van der Waals surface area contributed by atoms with Gasteiger partial charge in [-0.25, -0.2) is 0 Å². The van der Waals surface area contributed by atoms with E-state index in [1.165, 1.54) is 0 Å². The van der Waals surface area contributed by atoms with Gasteiger partial charge in [-0.05, 0) is 18.6 Å². The molecular formula is C9H11N3OS. The lowest BCUT2D eigenvalue weighted by Crippen LogP contribution is -2.18. The van der Waals surface area contributed by atoms with Crippen molar-refractivity contribution in [3.05, 3.63) is 24.2 Å². The monoisotopic (exact) mass is 209 g/mol. The summed E-state index contributed by atoms with van der Waals surface area (Å²) in [5.74, 6) is 1.85. The van der Waals surface area contributed by atoms with E-state index in [0.717, 1.165) is 29.6 Å². The zero-order valence-corrected chi connectivity index (χ0v) is 8.46. The number of hydrogen-bond donors (Lipinski definition) is 1. The van der Waals surface area contributed by atoms with E-state index in [9.17, 15) is 0 Å². The van der Waals surface area contributed by atoms with Gasteiger partial charge in [0.25, 0.3) is 0 Å². The van der Waals surface area contributed by atoms with Crippen LogP contribution in [0.2, 0.25) is 0 Å². The molecule has 4 nitrogen and oxygen atoms in total. The Morgan fingerprint density at radius 2 is 2.64 bits per heavy atom. The van der Waals surface area contributed by atoms with E-state index < -0.39 is 0 Å². The van der Waals surface area contributed by atoms with Crippen LogP contribution in [0.4, 0.5) is 0 Å². The van der Waals surface area contributed by atoms with Crippen molar-refractivity contribution in [2.45, 2.75) is 6.42 Å². The first-order valence-electron chi connectivity index (χ1n) is 4.45. The van der Waals surface area contributed by atoms with Crippen molar-refractivity contribution >= 4 is 23.1 Å². The molecule has 0 spiro atoms. The van der Waals surface area contributed by atoms with Crippen LogP contribution in [0, 0.1) is 0 Å². The van der Waals surface area contributed by atoms with Gasteiger partial charge >= 0.3 is 0 Å². The summed E-state index contributed by atoms with van der Waals surface area (Å²) in [5, 5.41) is 4.91. The maximum Gasteiger partial charge on any atom is 0.177 e. The average Bonchev–Trinajstić information content (AvgIpc) is 2.72. The topological polar surface area (TPSA) is 49.9 Å². The molecule has 2 rings (SSSR count). The van der Waals surface area contributed by atoms with Crippen molar-refractivity contribution in [3.63, 3.8) is 0 Å². The maximum atomic E-state index is 5.09. The Labute approximate surface area is 86.5 Å². The Kier molecular flexibility index (Phi) is 3.24. The fourth-order valence-corrected chi connectivity index (χ4v) is 1.81. The predicted octanol–water partition coefficient (Wildman–Crippen LogP) is 1.70. The van der Waals surface area contributed by atoms with Gasteiger partial charge in [-0.3, -0.25) is 10.4 Å². The molecule has 1 aromatic rings. The van der Waals surface area contributed by atoms with Crippen molar-refractivity contribution in [3.8, 4) is 0 Å². The smallest absolute Gasteiger partial charge is 0.177 e. The lowest BCUT2D eigenvalue weighted by Gasteiger charge is -2.08. The highest BCUT2D eigenvalue weighted by Gasteiger charge is 2.03. The second kappa shape index (κ2) is 4.85. The summed E-state index contributed by atoms with van der Waals surface area (Å²) in [7, 11) is 0. The van der Waals surface area contributed by atoms with Crippen LogP contribution in [0.3, 0.4) is 0 Å². The minimum Gasteiger partial charge on any atom is -0.463 e. The number of furan rings is 1. The summed E-state index contributed by atoms with van der Waals surface area (Å²) in [6, 6.07) is 3.68. The Morgan fingerprint density at radius 1 is 1.64 bits per heavy atom. The molecular weight excluding hydrogens is 198 g/mol. The van der Waals surface area contributed by atoms with E-state index in [1.54, 1.807) is 24.2 Å². The van der Waals surface area contributed by atoms with E-state index in [2.05, 4.69) is 15.5 Å². The van der Waals surface area contributed by atoms with Crippen molar-refractivity contribution < 1.29 is 4.42 Å². The van der Waals surface area contributed by atoms with Crippen molar-refractivity contribution in [1.82, 2.24) is 5.43 Å². The summed E-state index contributed by atoms with van der Waals surface area (Å²) in [6.45, 7) is 0.894.